The third-order valence-corrected chi connectivity index (χ3v) is 4.04. The normalized spacial score (nSPS) is 13.3. The van der Waals surface area contributed by atoms with E-state index in [0.29, 0.717) is 24.2 Å². The monoisotopic (exact) mass is 346 g/mol. The number of halogens is 1. The van der Waals surface area contributed by atoms with Crippen LogP contribution in [0.3, 0.4) is 0 Å². The van der Waals surface area contributed by atoms with E-state index in [9.17, 15) is 19.9 Å². The molecule has 0 aromatic heterocycles. The third kappa shape index (κ3) is 3.26. The van der Waals surface area contributed by atoms with Crippen LogP contribution >= 0.6 is 11.6 Å². The Balaban J connectivity index is 1.83. The number of amides is 1. The van der Waals surface area contributed by atoms with E-state index in [0.717, 1.165) is 11.6 Å². The molecule has 0 saturated heterocycles. The van der Waals surface area contributed by atoms with Gasteiger partial charge in [-0.25, -0.2) is 0 Å². The molecule has 1 heterocycles. The lowest BCUT2D eigenvalue weighted by Crippen LogP contribution is -2.41. The summed E-state index contributed by atoms with van der Waals surface area (Å²) in [6, 6.07) is 8.80. The van der Waals surface area contributed by atoms with Crippen LogP contribution in [0, 0.1) is 10.1 Å². The average molecular weight is 347 g/mol. The van der Waals surface area contributed by atoms with E-state index in [1.165, 1.54) is 12.1 Å². The number of fused-ring (bicyclic) bond motifs is 1. The first-order valence-corrected chi connectivity index (χ1v) is 7.51. The van der Waals surface area contributed by atoms with E-state index in [2.05, 4.69) is 5.32 Å². The number of hydrogen-bond acceptors (Lipinski definition) is 5. The molecule has 0 atom stereocenters. The van der Waals surface area contributed by atoms with Crippen molar-refractivity contribution in [3.63, 3.8) is 0 Å². The van der Waals surface area contributed by atoms with Crippen LogP contribution in [-0.2, 0) is 11.1 Å². The molecule has 9 heteroatoms. The highest BCUT2D eigenvalue weighted by atomic mass is 35.5. The van der Waals surface area contributed by atoms with Crippen molar-refractivity contribution in [1.82, 2.24) is 0 Å². The maximum Gasteiger partial charge on any atom is 0.491 e. The molecule has 0 unspecified atom stereocenters. The van der Waals surface area contributed by atoms with E-state index in [1.54, 1.807) is 12.1 Å². The van der Waals surface area contributed by atoms with Crippen LogP contribution in [0.15, 0.2) is 36.4 Å². The Hall–Kier alpha value is -2.42. The molecule has 122 valence electrons. The van der Waals surface area contributed by atoms with Crippen LogP contribution in [-0.4, -0.2) is 29.6 Å². The van der Waals surface area contributed by atoms with Gasteiger partial charge >= 0.3 is 7.12 Å². The predicted molar refractivity (Wildman–Crippen MR) is 89.8 cm³/mol. The number of nitrogens with one attached hydrogen (secondary N) is 1. The van der Waals surface area contributed by atoms with Crippen LogP contribution in [0.2, 0.25) is 5.02 Å². The quantitative estimate of drug-likeness (QED) is 0.501. The van der Waals surface area contributed by atoms with Gasteiger partial charge in [-0.15, -0.1) is 0 Å². The summed E-state index contributed by atoms with van der Waals surface area (Å²) in [5, 5.41) is 23.2. The first kappa shape index (κ1) is 16.4. The molecule has 24 heavy (non-hydrogen) atoms. The lowest BCUT2D eigenvalue weighted by molar-refractivity contribution is -0.384. The SMILES string of the molecule is O=C(Nc1ccc2c(c1)B(O)OCC2)c1ccc([N+](=O)[O-])cc1Cl. The predicted octanol–water partition coefficient (Wildman–Crippen LogP) is 1.76. The molecule has 0 fully saturated rings. The van der Waals surface area contributed by atoms with Crippen molar-refractivity contribution in [1.29, 1.82) is 0 Å². The minimum Gasteiger partial charge on any atom is -0.423 e. The number of carbonyl (C=O) groups excluding carboxylic acids is 1. The van der Waals surface area contributed by atoms with Gasteiger partial charge in [0.15, 0.2) is 0 Å². The van der Waals surface area contributed by atoms with E-state index >= 15 is 0 Å². The van der Waals surface area contributed by atoms with E-state index in [1.807, 2.05) is 6.07 Å². The number of nitrogens with zero attached hydrogens (tertiary/aromatic N) is 1. The first-order chi connectivity index (χ1) is 11.5. The number of benzene rings is 2. The molecule has 2 aromatic rings. The molecular weight excluding hydrogens is 334 g/mol. The molecule has 0 bridgehead atoms. The highest BCUT2D eigenvalue weighted by Crippen LogP contribution is 2.23. The molecule has 1 aliphatic rings. The Kier molecular flexibility index (Phi) is 4.52. The van der Waals surface area contributed by atoms with Crippen molar-refractivity contribution in [2.75, 3.05) is 11.9 Å². The summed E-state index contributed by atoms with van der Waals surface area (Å²) in [7, 11) is -1.02. The summed E-state index contributed by atoms with van der Waals surface area (Å²) >= 11 is 5.95. The van der Waals surface area contributed by atoms with Crippen molar-refractivity contribution in [3.8, 4) is 0 Å². The standard InChI is InChI=1S/C15H12BClN2O5/c17-14-8-11(19(22)23)3-4-12(14)15(20)18-10-2-1-9-5-6-24-16(21)13(9)7-10/h1-4,7-8,21H,5-6H2,(H,18,20). The van der Waals surface area contributed by atoms with Gasteiger partial charge in [0.1, 0.15) is 0 Å². The van der Waals surface area contributed by atoms with E-state index < -0.39 is 17.9 Å². The van der Waals surface area contributed by atoms with Gasteiger partial charge in [-0.1, -0.05) is 17.7 Å². The number of nitro benzene ring substituents is 1. The summed E-state index contributed by atoms with van der Waals surface area (Å²) in [5.41, 5.74) is 1.97. The molecular formula is C15H12BClN2O5. The zero-order valence-electron chi connectivity index (χ0n) is 12.4. The number of hydrogen-bond donors (Lipinski definition) is 2. The fourth-order valence-corrected chi connectivity index (χ4v) is 2.76. The summed E-state index contributed by atoms with van der Waals surface area (Å²) < 4.78 is 5.16. The molecule has 0 saturated carbocycles. The van der Waals surface area contributed by atoms with Gasteiger partial charge in [0.2, 0.25) is 0 Å². The lowest BCUT2D eigenvalue weighted by atomic mass is 9.73. The number of nitro groups is 1. The van der Waals surface area contributed by atoms with Crippen molar-refractivity contribution in [3.05, 3.63) is 62.7 Å². The van der Waals surface area contributed by atoms with Crippen LogP contribution in [0.25, 0.3) is 0 Å². The van der Waals surface area contributed by atoms with Gasteiger partial charge in [0.05, 0.1) is 15.5 Å². The maximum atomic E-state index is 12.3. The van der Waals surface area contributed by atoms with Gasteiger partial charge in [0.25, 0.3) is 11.6 Å². The highest BCUT2D eigenvalue weighted by molar-refractivity contribution is 6.61. The maximum absolute atomic E-state index is 12.3. The molecule has 1 amide bonds. The molecule has 7 nitrogen and oxygen atoms in total. The number of rotatable bonds is 3. The fraction of sp³-hybridized carbons (Fsp3) is 0.133. The Bertz CT molecular complexity index is 830. The van der Waals surface area contributed by atoms with Crippen LogP contribution in [0.5, 0.6) is 0 Å². The first-order valence-electron chi connectivity index (χ1n) is 7.13. The lowest BCUT2D eigenvalue weighted by Gasteiger charge is -2.19. The highest BCUT2D eigenvalue weighted by Gasteiger charge is 2.25. The van der Waals surface area contributed by atoms with E-state index in [4.69, 9.17) is 16.3 Å². The van der Waals surface area contributed by atoms with Gasteiger partial charge in [-0.2, -0.15) is 0 Å². The molecule has 2 N–H and O–H groups in total. The second kappa shape index (κ2) is 6.60. The van der Waals surface area contributed by atoms with Crippen LogP contribution < -0.4 is 10.8 Å². The molecule has 2 aromatic carbocycles. The Morgan fingerprint density at radius 1 is 1.33 bits per heavy atom. The van der Waals surface area contributed by atoms with E-state index in [-0.39, 0.29) is 16.3 Å². The summed E-state index contributed by atoms with van der Waals surface area (Å²) in [5.74, 6) is -0.499. The zero-order valence-corrected chi connectivity index (χ0v) is 13.1. The molecule has 0 spiro atoms. The number of non-ortho nitro benzene ring substituents is 1. The van der Waals surface area contributed by atoms with Gasteiger partial charge < -0.3 is 15.0 Å². The second-order valence-electron chi connectivity index (χ2n) is 5.26. The zero-order chi connectivity index (χ0) is 17.3. The summed E-state index contributed by atoms with van der Waals surface area (Å²) in [6.07, 6.45) is 0.689. The number of anilines is 1. The smallest absolute Gasteiger partial charge is 0.423 e. The molecule has 1 aliphatic heterocycles. The summed E-state index contributed by atoms with van der Waals surface area (Å²) in [6.45, 7) is 0.443. The van der Waals surface area contributed by atoms with Crippen molar-refractivity contribution in [2.24, 2.45) is 0 Å². The molecule has 3 rings (SSSR count). The van der Waals surface area contributed by atoms with Gasteiger partial charge in [-0.05, 0) is 35.6 Å². The second-order valence-corrected chi connectivity index (χ2v) is 5.67. The van der Waals surface area contributed by atoms with Crippen LogP contribution in [0.4, 0.5) is 11.4 Å². The molecule has 0 radical (unpaired) electrons. The van der Waals surface area contributed by atoms with Crippen molar-refractivity contribution in [2.45, 2.75) is 6.42 Å². The Morgan fingerprint density at radius 2 is 2.12 bits per heavy atom. The molecule has 0 aliphatic carbocycles. The Morgan fingerprint density at radius 3 is 2.83 bits per heavy atom. The number of carbonyl (C=O) groups is 1. The topological polar surface area (TPSA) is 102 Å². The summed E-state index contributed by atoms with van der Waals surface area (Å²) in [4.78, 5) is 22.4. The minimum atomic E-state index is -1.02. The fourth-order valence-electron chi connectivity index (χ4n) is 2.50. The van der Waals surface area contributed by atoms with Crippen molar-refractivity contribution >= 4 is 41.5 Å². The Labute approximate surface area is 142 Å². The largest absolute Gasteiger partial charge is 0.491 e. The average Bonchev–Trinajstić information content (AvgIpc) is 2.55. The third-order valence-electron chi connectivity index (χ3n) is 3.73. The van der Waals surface area contributed by atoms with Crippen molar-refractivity contribution < 1.29 is 19.4 Å². The van der Waals surface area contributed by atoms with Crippen LogP contribution in [0.1, 0.15) is 15.9 Å². The minimum absolute atomic E-state index is 0.0111. The van der Waals surface area contributed by atoms with Gasteiger partial charge in [0, 0.05) is 24.4 Å². The van der Waals surface area contributed by atoms with Gasteiger partial charge in [-0.3, -0.25) is 14.9 Å².